The average molecular weight is 510 g/mol. The Bertz CT molecular complexity index is 386. The first-order valence-corrected chi connectivity index (χ1v) is 10.1. The molecule has 1 aliphatic rings. The molecule has 0 spiro atoms. The standard InChI is InChI=1S/C9H12N3O2.C6H15P.Au/c13-9(14)7-3-1-6(2-4-7)8-5-10-12-11-8;1-4-7(5-2)6-3;/h6-7H,1-4H2,(H,13,14)(H,10,11,12);4-6H2,1-3H3;/q-1;;+1/p+1. The fourth-order valence-corrected chi connectivity index (χ4v) is 4.24. The van der Waals surface area contributed by atoms with Gasteiger partial charge in [0.05, 0.1) is 24.4 Å². The van der Waals surface area contributed by atoms with Gasteiger partial charge in [0.25, 0.3) is 0 Å². The van der Waals surface area contributed by atoms with Crippen molar-refractivity contribution < 1.29 is 32.3 Å². The number of H-pyrrole nitrogens is 1. The van der Waals surface area contributed by atoms with Crippen LogP contribution in [0.15, 0.2) is 0 Å². The number of carboxylic acids is 1. The van der Waals surface area contributed by atoms with Crippen LogP contribution >= 0.6 is 7.92 Å². The molecular formula is C15H28AuN3O2P+. The summed E-state index contributed by atoms with van der Waals surface area (Å²) in [5.74, 6) is -0.474. The molecule has 2 rings (SSSR count). The van der Waals surface area contributed by atoms with Crippen LogP contribution in [0.2, 0.25) is 0 Å². The summed E-state index contributed by atoms with van der Waals surface area (Å²) in [6, 6.07) is 0. The van der Waals surface area contributed by atoms with Crippen molar-refractivity contribution in [2.45, 2.75) is 52.4 Å². The van der Waals surface area contributed by atoms with Gasteiger partial charge in [-0.2, -0.15) is 0 Å². The summed E-state index contributed by atoms with van der Waals surface area (Å²) >= 11 is 0. The molecule has 0 radical (unpaired) electrons. The smallest absolute Gasteiger partial charge is 0.481 e. The van der Waals surface area contributed by atoms with Gasteiger partial charge in [-0.15, -0.1) is 10.9 Å². The summed E-state index contributed by atoms with van der Waals surface area (Å²) in [7, 11) is 0.137. The third-order valence-electron chi connectivity index (χ3n) is 4.38. The quantitative estimate of drug-likeness (QED) is 0.363. The summed E-state index contributed by atoms with van der Waals surface area (Å²) in [5, 5.41) is 18.8. The third kappa shape index (κ3) is 7.36. The predicted molar refractivity (Wildman–Crippen MR) is 87.5 cm³/mol. The maximum absolute atomic E-state index is 10.7. The Morgan fingerprint density at radius 2 is 1.77 bits per heavy atom. The van der Waals surface area contributed by atoms with Crippen molar-refractivity contribution in [3.63, 3.8) is 0 Å². The molecule has 1 aliphatic carbocycles. The van der Waals surface area contributed by atoms with Crippen molar-refractivity contribution in [2.24, 2.45) is 5.92 Å². The largest absolute Gasteiger partial charge is 1.00 e. The Kier molecular flexibility index (Phi) is 12.1. The van der Waals surface area contributed by atoms with E-state index in [1.165, 1.54) is 18.5 Å². The molecule has 7 heteroatoms. The second-order valence-corrected chi connectivity index (χ2v) is 9.16. The number of aromatic amines is 1. The Labute approximate surface area is 150 Å². The molecule has 5 nitrogen and oxygen atoms in total. The van der Waals surface area contributed by atoms with Crippen LogP contribution in [-0.4, -0.2) is 45.0 Å². The molecular weight excluding hydrogens is 482 g/mol. The molecule has 0 bridgehead atoms. The zero-order valence-corrected chi connectivity index (χ0v) is 16.8. The van der Waals surface area contributed by atoms with Crippen LogP contribution in [0.25, 0.3) is 0 Å². The topological polar surface area (TPSA) is 78.9 Å². The van der Waals surface area contributed by atoms with E-state index in [2.05, 4.69) is 42.4 Å². The van der Waals surface area contributed by atoms with E-state index < -0.39 is 5.97 Å². The van der Waals surface area contributed by atoms with Gasteiger partial charge in [-0.05, 0) is 60.3 Å². The van der Waals surface area contributed by atoms with Crippen molar-refractivity contribution in [1.82, 2.24) is 15.4 Å². The number of nitrogens with zero attached hydrogens (tertiary/aromatic N) is 2. The second kappa shape index (κ2) is 12.2. The van der Waals surface area contributed by atoms with Crippen LogP contribution in [0.5, 0.6) is 0 Å². The summed E-state index contributed by atoms with van der Waals surface area (Å²) in [4.78, 5) is 10.7. The number of hydrogen-bond acceptors (Lipinski definition) is 3. The van der Waals surface area contributed by atoms with E-state index in [1.54, 1.807) is 0 Å². The van der Waals surface area contributed by atoms with E-state index in [1.807, 2.05) is 0 Å². The molecule has 1 aromatic rings. The van der Waals surface area contributed by atoms with Crippen LogP contribution in [0.3, 0.4) is 0 Å². The molecule has 0 aromatic carbocycles. The normalized spacial score (nSPS) is 20.7. The Morgan fingerprint density at radius 3 is 2.09 bits per heavy atom. The zero-order valence-electron chi connectivity index (χ0n) is 13.7. The minimum atomic E-state index is -0.671. The molecule has 22 heavy (non-hydrogen) atoms. The third-order valence-corrected chi connectivity index (χ3v) is 7.38. The summed E-state index contributed by atoms with van der Waals surface area (Å²) in [6.45, 7) is 6.92. The first kappa shape index (κ1) is 21.8. The minimum Gasteiger partial charge on any atom is -0.481 e. The van der Waals surface area contributed by atoms with Crippen LogP contribution in [0.4, 0.5) is 0 Å². The van der Waals surface area contributed by atoms with Crippen LogP contribution < -0.4 is 0 Å². The van der Waals surface area contributed by atoms with Gasteiger partial charge in [0, 0.05) is 0 Å². The first-order valence-electron chi connectivity index (χ1n) is 7.97. The molecule has 0 aliphatic heterocycles. The van der Waals surface area contributed by atoms with Gasteiger partial charge in [0.15, 0.2) is 0 Å². The summed E-state index contributed by atoms with van der Waals surface area (Å²) in [6.07, 6.45) is 10.4. The molecule has 0 saturated heterocycles. The summed E-state index contributed by atoms with van der Waals surface area (Å²) < 4.78 is 0. The molecule has 1 heterocycles. The molecule has 1 fully saturated rings. The fraction of sp³-hybridized carbons (Fsp3) is 0.800. The average Bonchev–Trinajstić information content (AvgIpc) is 3.04. The number of rotatable bonds is 5. The van der Waals surface area contributed by atoms with Crippen LogP contribution in [0, 0.1) is 12.1 Å². The minimum absolute atomic E-state index is 0. The number of carbonyl (C=O) groups is 1. The number of aromatic nitrogens is 3. The van der Waals surface area contributed by atoms with Gasteiger partial charge in [0.1, 0.15) is 0 Å². The fourth-order valence-electron chi connectivity index (χ4n) is 2.74. The van der Waals surface area contributed by atoms with Gasteiger partial charge >= 0.3 is 28.3 Å². The maximum Gasteiger partial charge on any atom is 1.00 e. The molecule has 130 valence electrons. The van der Waals surface area contributed by atoms with E-state index in [0.717, 1.165) is 31.4 Å². The van der Waals surface area contributed by atoms with E-state index in [9.17, 15) is 4.79 Å². The molecule has 2 N–H and O–H groups in total. The van der Waals surface area contributed by atoms with Crippen molar-refractivity contribution in [1.29, 1.82) is 0 Å². The van der Waals surface area contributed by atoms with Crippen molar-refractivity contribution in [3.8, 4) is 0 Å². The van der Waals surface area contributed by atoms with E-state index in [4.69, 9.17) is 5.11 Å². The van der Waals surface area contributed by atoms with Crippen molar-refractivity contribution in [2.75, 3.05) is 18.5 Å². The molecule has 0 unspecified atom stereocenters. The number of carboxylic acid groups (broad SMARTS) is 1. The maximum atomic E-state index is 10.7. The van der Waals surface area contributed by atoms with E-state index in [-0.39, 0.29) is 36.2 Å². The predicted octanol–water partition coefficient (Wildman–Crippen LogP) is 3.22. The first-order chi connectivity index (χ1) is 10.1. The molecule has 0 amide bonds. The second-order valence-electron chi connectivity index (χ2n) is 5.53. The van der Waals surface area contributed by atoms with E-state index >= 15 is 0 Å². The number of hydrogen-bond donors (Lipinski definition) is 2. The number of nitrogens with one attached hydrogen (secondary N) is 1. The monoisotopic (exact) mass is 510 g/mol. The zero-order chi connectivity index (χ0) is 15.7. The van der Waals surface area contributed by atoms with Crippen LogP contribution in [0.1, 0.15) is 58.1 Å². The van der Waals surface area contributed by atoms with Gasteiger partial charge in [-0.1, -0.05) is 0 Å². The van der Waals surface area contributed by atoms with Crippen LogP contribution in [-0.2, 0) is 27.2 Å². The van der Waals surface area contributed by atoms with Crippen molar-refractivity contribution >= 4 is 13.9 Å². The Morgan fingerprint density at radius 1 is 1.23 bits per heavy atom. The van der Waals surface area contributed by atoms with Gasteiger partial charge in [0.2, 0.25) is 0 Å². The SMILES string of the molecule is CC[PH+](CC)CC.O=C(O)C1CCC(c2[c-]nn[nH]2)CC1.[Au+]. The van der Waals surface area contributed by atoms with Crippen molar-refractivity contribution in [3.05, 3.63) is 11.9 Å². The van der Waals surface area contributed by atoms with Gasteiger partial charge in [-0.25, -0.2) is 0 Å². The Balaban J connectivity index is 0.000000478. The van der Waals surface area contributed by atoms with E-state index in [0.29, 0.717) is 5.92 Å². The Hall–Kier alpha value is -0.220. The van der Waals surface area contributed by atoms with Gasteiger partial charge in [-0.3, -0.25) is 9.89 Å². The number of aliphatic carboxylic acids is 1. The summed E-state index contributed by atoms with van der Waals surface area (Å²) in [5.41, 5.74) is 0.911. The molecule has 1 aromatic heterocycles. The van der Waals surface area contributed by atoms with Gasteiger partial charge < -0.3 is 16.4 Å². The molecule has 1 saturated carbocycles. The molecule has 0 atom stereocenters.